The zero-order valence-electron chi connectivity index (χ0n) is 10.1. The lowest BCUT2D eigenvalue weighted by molar-refractivity contribution is -0.121. The molecule has 3 nitrogen and oxygen atoms in total. The SMILES string of the molecule is CCNCCNC(=O)CCc1cccc(Br)c1. The second-order valence-corrected chi connectivity index (χ2v) is 4.75. The van der Waals surface area contributed by atoms with Gasteiger partial charge in [-0.3, -0.25) is 4.79 Å². The molecule has 1 amide bonds. The Morgan fingerprint density at radius 2 is 2.18 bits per heavy atom. The molecule has 0 radical (unpaired) electrons. The summed E-state index contributed by atoms with van der Waals surface area (Å²) < 4.78 is 1.06. The Labute approximate surface area is 111 Å². The van der Waals surface area contributed by atoms with Crippen molar-refractivity contribution in [2.75, 3.05) is 19.6 Å². The zero-order valence-corrected chi connectivity index (χ0v) is 11.7. The van der Waals surface area contributed by atoms with E-state index in [4.69, 9.17) is 0 Å². The molecule has 0 aliphatic rings. The lowest BCUT2D eigenvalue weighted by atomic mass is 10.1. The van der Waals surface area contributed by atoms with Gasteiger partial charge in [0.1, 0.15) is 0 Å². The van der Waals surface area contributed by atoms with Crippen LogP contribution < -0.4 is 10.6 Å². The van der Waals surface area contributed by atoms with Gasteiger partial charge in [0.2, 0.25) is 5.91 Å². The molecule has 0 saturated carbocycles. The van der Waals surface area contributed by atoms with Crippen molar-refractivity contribution >= 4 is 21.8 Å². The van der Waals surface area contributed by atoms with Gasteiger partial charge in [0.15, 0.2) is 0 Å². The average molecular weight is 299 g/mol. The number of hydrogen-bond acceptors (Lipinski definition) is 2. The number of hydrogen-bond donors (Lipinski definition) is 2. The quantitative estimate of drug-likeness (QED) is 0.757. The van der Waals surface area contributed by atoms with Gasteiger partial charge in [-0.2, -0.15) is 0 Å². The Bertz CT molecular complexity index is 355. The van der Waals surface area contributed by atoms with Gasteiger partial charge in [-0.15, -0.1) is 0 Å². The Hall–Kier alpha value is -0.870. The maximum absolute atomic E-state index is 11.5. The van der Waals surface area contributed by atoms with Crippen molar-refractivity contribution in [2.45, 2.75) is 19.8 Å². The third-order valence-electron chi connectivity index (χ3n) is 2.40. The van der Waals surface area contributed by atoms with Gasteiger partial charge in [-0.1, -0.05) is 35.0 Å². The fraction of sp³-hybridized carbons (Fsp3) is 0.462. The Kier molecular flexibility index (Phi) is 6.89. The maximum atomic E-state index is 11.5. The topological polar surface area (TPSA) is 41.1 Å². The summed E-state index contributed by atoms with van der Waals surface area (Å²) in [6.45, 7) is 4.52. The lowest BCUT2D eigenvalue weighted by Crippen LogP contribution is -2.31. The molecule has 0 aromatic heterocycles. The van der Waals surface area contributed by atoms with E-state index < -0.39 is 0 Å². The van der Waals surface area contributed by atoms with Crippen molar-refractivity contribution in [1.29, 1.82) is 0 Å². The molecule has 4 heteroatoms. The Morgan fingerprint density at radius 1 is 1.35 bits per heavy atom. The largest absolute Gasteiger partial charge is 0.355 e. The van der Waals surface area contributed by atoms with Crippen LogP contribution in [0.1, 0.15) is 18.9 Å². The summed E-state index contributed by atoms with van der Waals surface area (Å²) in [5.74, 6) is 0.114. The Morgan fingerprint density at radius 3 is 2.88 bits per heavy atom. The van der Waals surface area contributed by atoms with Gasteiger partial charge >= 0.3 is 0 Å². The van der Waals surface area contributed by atoms with E-state index in [0.29, 0.717) is 13.0 Å². The first-order valence-electron chi connectivity index (χ1n) is 5.94. The van der Waals surface area contributed by atoms with Crippen LogP contribution in [-0.2, 0) is 11.2 Å². The molecule has 0 bridgehead atoms. The van der Waals surface area contributed by atoms with Crippen molar-refractivity contribution in [3.05, 3.63) is 34.3 Å². The summed E-state index contributed by atoms with van der Waals surface area (Å²) in [6, 6.07) is 8.06. The summed E-state index contributed by atoms with van der Waals surface area (Å²) in [4.78, 5) is 11.5. The highest BCUT2D eigenvalue weighted by molar-refractivity contribution is 9.10. The highest BCUT2D eigenvalue weighted by Gasteiger charge is 2.01. The van der Waals surface area contributed by atoms with Crippen LogP contribution in [0.25, 0.3) is 0 Å². The molecule has 1 aromatic carbocycles. The molecule has 17 heavy (non-hydrogen) atoms. The number of likely N-dealkylation sites (N-methyl/N-ethyl adjacent to an activating group) is 1. The van der Waals surface area contributed by atoms with Crippen molar-refractivity contribution < 1.29 is 4.79 Å². The number of rotatable bonds is 7. The molecule has 2 N–H and O–H groups in total. The van der Waals surface area contributed by atoms with Crippen LogP contribution >= 0.6 is 15.9 Å². The predicted octanol–water partition coefficient (Wildman–Crippen LogP) is 2.11. The third kappa shape index (κ3) is 6.44. The first kappa shape index (κ1) is 14.2. The summed E-state index contributed by atoms with van der Waals surface area (Å²) >= 11 is 3.42. The van der Waals surface area contributed by atoms with Crippen molar-refractivity contribution in [2.24, 2.45) is 0 Å². The van der Waals surface area contributed by atoms with Crippen LogP contribution in [0.5, 0.6) is 0 Å². The van der Waals surface area contributed by atoms with Crippen LogP contribution in [0.15, 0.2) is 28.7 Å². The van der Waals surface area contributed by atoms with E-state index in [9.17, 15) is 4.79 Å². The van der Waals surface area contributed by atoms with Crippen LogP contribution in [0.2, 0.25) is 0 Å². The molecular weight excluding hydrogens is 280 g/mol. The molecule has 0 saturated heterocycles. The fourth-order valence-corrected chi connectivity index (χ4v) is 1.95. The number of aryl methyl sites for hydroxylation is 1. The fourth-order valence-electron chi connectivity index (χ4n) is 1.51. The minimum absolute atomic E-state index is 0.114. The maximum Gasteiger partial charge on any atom is 0.220 e. The summed E-state index contributed by atoms with van der Waals surface area (Å²) in [5, 5.41) is 6.05. The van der Waals surface area contributed by atoms with Crippen LogP contribution in [-0.4, -0.2) is 25.5 Å². The number of amides is 1. The average Bonchev–Trinajstić information content (AvgIpc) is 2.32. The lowest BCUT2D eigenvalue weighted by Gasteiger charge is -2.05. The zero-order chi connectivity index (χ0) is 12.5. The molecule has 0 fully saturated rings. The van der Waals surface area contributed by atoms with Crippen LogP contribution in [0.3, 0.4) is 0 Å². The first-order chi connectivity index (χ1) is 8.22. The number of carbonyl (C=O) groups is 1. The van der Waals surface area contributed by atoms with Gasteiger partial charge in [0.25, 0.3) is 0 Å². The van der Waals surface area contributed by atoms with E-state index in [0.717, 1.165) is 24.0 Å². The normalized spacial score (nSPS) is 10.2. The standard InChI is InChI=1S/C13H19BrN2O/c1-2-15-8-9-16-13(17)7-6-11-4-3-5-12(14)10-11/h3-5,10,15H,2,6-9H2,1H3,(H,16,17). The minimum atomic E-state index is 0.114. The van der Waals surface area contributed by atoms with E-state index in [1.165, 1.54) is 5.56 Å². The van der Waals surface area contributed by atoms with Gasteiger partial charge in [-0.05, 0) is 30.7 Å². The summed E-state index contributed by atoms with van der Waals surface area (Å²) in [5.41, 5.74) is 1.18. The van der Waals surface area contributed by atoms with E-state index in [2.05, 4.69) is 33.5 Å². The number of carbonyl (C=O) groups excluding carboxylic acids is 1. The molecule has 0 unspecified atom stereocenters. The molecule has 0 atom stereocenters. The molecule has 0 aliphatic carbocycles. The highest BCUT2D eigenvalue weighted by Crippen LogP contribution is 2.12. The number of benzene rings is 1. The second-order valence-electron chi connectivity index (χ2n) is 3.83. The monoisotopic (exact) mass is 298 g/mol. The van der Waals surface area contributed by atoms with Crippen molar-refractivity contribution in [3.63, 3.8) is 0 Å². The first-order valence-corrected chi connectivity index (χ1v) is 6.73. The van der Waals surface area contributed by atoms with Gasteiger partial charge in [0, 0.05) is 24.0 Å². The van der Waals surface area contributed by atoms with Crippen molar-refractivity contribution in [1.82, 2.24) is 10.6 Å². The van der Waals surface area contributed by atoms with Crippen LogP contribution in [0, 0.1) is 0 Å². The van der Waals surface area contributed by atoms with Gasteiger partial charge < -0.3 is 10.6 Å². The smallest absolute Gasteiger partial charge is 0.220 e. The molecular formula is C13H19BrN2O. The molecule has 0 heterocycles. The third-order valence-corrected chi connectivity index (χ3v) is 2.90. The van der Waals surface area contributed by atoms with E-state index in [1.54, 1.807) is 0 Å². The molecule has 1 rings (SSSR count). The van der Waals surface area contributed by atoms with E-state index >= 15 is 0 Å². The van der Waals surface area contributed by atoms with E-state index in [-0.39, 0.29) is 5.91 Å². The van der Waals surface area contributed by atoms with Gasteiger partial charge in [0.05, 0.1) is 0 Å². The van der Waals surface area contributed by atoms with Crippen molar-refractivity contribution in [3.8, 4) is 0 Å². The second kappa shape index (κ2) is 8.25. The van der Waals surface area contributed by atoms with Crippen LogP contribution in [0.4, 0.5) is 0 Å². The Balaban J connectivity index is 2.19. The molecule has 0 spiro atoms. The summed E-state index contributed by atoms with van der Waals surface area (Å²) in [7, 11) is 0. The molecule has 94 valence electrons. The number of nitrogens with one attached hydrogen (secondary N) is 2. The minimum Gasteiger partial charge on any atom is -0.355 e. The summed E-state index contributed by atoms with van der Waals surface area (Å²) in [6.07, 6.45) is 1.33. The highest BCUT2D eigenvalue weighted by atomic mass is 79.9. The predicted molar refractivity (Wildman–Crippen MR) is 74.0 cm³/mol. The number of halogens is 1. The molecule has 1 aromatic rings. The van der Waals surface area contributed by atoms with Gasteiger partial charge in [-0.25, -0.2) is 0 Å². The van der Waals surface area contributed by atoms with E-state index in [1.807, 2.05) is 24.3 Å². The molecule has 0 aliphatic heterocycles.